The topological polar surface area (TPSA) is 105 Å². The van der Waals surface area contributed by atoms with E-state index < -0.39 is 14.9 Å². The van der Waals surface area contributed by atoms with Crippen molar-refractivity contribution in [2.24, 2.45) is 0 Å². The minimum absolute atomic E-state index is 0.0259. The molecule has 28 heavy (non-hydrogen) atoms. The van der Waals surface area contributed by atoms with E-state index in [0.29, 0.717) is 37.1 Å². The first-order valence-electron chi connectivity index (χ1n) is 9.14. The standard InChI is InChI=1S/C19H24N4O4S/c1-13-11-17(23(24)25)12-18(15(13)3)28(26,27)21-16-7-9-22(10-8-16)19-6-4-5-14(2)20-19/h4-6,11-12,16,21H,7-10H2,1-3H3. The van der Waals surface area contributed by atoms with Crippen LogP contribution in [-0.2, 0) is 10.0 Å². The van der Waals surface area contributed by atoms with Gasteiger partial charge in [0.2, 0.25) is 10.0 Å². The van der Waals surface area contributed by atoms with E-state index >= 15 is 0 Å². The normalized spacial score (nSPS) is 15.6. The highest BCUT2D eigenvalue weighted by Crippen LogP contribution is 2.26. The lowest BCUT2D eigenvalue weighted by Gasteiger charge is -2.33. The van der Waals surface area contributed by atoms with Crippen molar-refractivity contribution in [1.82, 2.24) is 9.71 Å². The summed E-state index contributed by atoms with van der Waals surface area (Å²) >= 11 is 0. The Balaban J connectivity index is 1.73. The first kappa shape index (κ1) is 20.2. The van der Waals surface area contributed by atoms with Crippen molar-refractivity contribution >= 4 is 21.5 Å². The van der Waals surface area contributed by atoms with E-state index in [-0.39, 0.29) is 16.6 Å². The van der Waals surface area contributed by atoms with Gasteiger partial charge in [-0.15, -0.1) is 0 Å². The molecule has 0 bridgehead atoms. The predicted molar refractivity (Wildman–Crippen MR) is 107 cm³/mol. The van der Waals surface area contributed by atoms with Crippen molar-refractivity contribution in [3.8, 4) is 0 Å². The van der Waals surface area contributed by atoms with E-state index in [2.05, 4.69) is 14.6 Å². The number of benzene rings is 1. The Kier molecular flexibility index (Phi) is 5.66. The lowest BCUT2D eigenvalue weighted by atomic mass is 10.1. The van der Waals surface area contributed by atoms with Gasteiger partial charge in [0.25, 0.3) is 5.69 Å². The summed E-state index contributed by atoms with van der Waals surface area (Å²) in [6, 6.07) is 8.16. The molecule has 150 valence electrons. The third kappa shape index (κ3) is 4.31. The van der Waals surface area contributed by atoms with E-state index in [9.17, 15) is 18.5 Å². The zero-order chi connectivity index (χ0) is 20.5. The third-order valence-electron chi connectivity index (χ3n) is 5.12. The average molecular weight is 404 g/mol. The summed E-state index contributed by atoms with van der Waals surface area (Å²) < 4.78 is 28.5. The molecule has 0 radical (unpaired) electrons. The van der Waals surface area contributed by atoms with Gasteiger partial charge >= 0.3 is 0 Å². The number of non-ortho nitro benzene ring substituents is 1. The molecule has 0 aliphatic carbocycles. The molecule has 8 nitrogen and oxygen atoms in total. The molecule has 1 saturated heterocycles. The lowest BCUT2D eigenvalue weighted by molar-refractivity contribution is -0.385. The van der Waals surface area contributed by atoms with Crippen molar-refractivity contribution in [2.75, 3.05) is 18.0 Å². The highest BCUT2D eigenvalue weighted by Gasteiger charge is 2.28. The van der Waals surface area contributed by atoms with Crippen molar-refractivity contribution in [1.29, 1.82) is 0 Å². The van der Waals surface area contributed by atoms with Gasteiger partial charge < -0.3 is 4.90 Å². The van der Waals surface area contributed by atoms with E-state index in [1.807, 2.05) is 25.1 Å². The van der Waals surface area contributed by atoms with Crippen molar-refractivity contribution in [2.45, 2.75) is 44.6 Å². The Bertz CT molecular complexity index is 999. The fourth-order valence-corrected chi connectivity index (χ4v) is 5.05. The monoisotopic (exact) mass is 404 g/mol. The van der Waals surface area contributed by atoms with Crippen LogP contribution in [0.4, 0.5) is 11.5 Å². The average Bonchev–Trinajstić information content (AvgIpc) is 2.63. The maximum Gasteiger partial charge on any atom is 0.271 e. The number of sulfonamides is 1. The number of hydrogen-bond acceptors (Lipinski definition) is 6. The van der Waals surface area contributed by atoms with E-state index in [4.69, 9.17) is 0 Å². The number of nitrogens with one attached hydrogen (secondary N) is 1. The number of pyridine rings is 1. The molecule has 0 saturated carbocycles. The molecular formula is C19H24N4O4S. The SMILES string of the molecule is Cc1cccc(N2CCC(NS(=O)(=O)c3cc([N+](=O)[O-])cc(C)c3C)CC2)n1. The molecule has 1 aromatic carbocycles. The lowest BCUT2D eigenvalue weighted by Crippen LogP contribution is -2.45. The van der Waals surface area contributed by atoms with Gasteiger partial charge in [0.15, 0.2) is 0 Å². The molecule has 0 unspecified atom stereocenters. The first-order valence-corrected chi connectivity index (χ1v) is 10.6. The maximum atomic E-state index is 12.9. The summed E-state index contributed by atoms with van der Waals surface area (Å²) in [6.45, 7) is 6.66. The number of piperidine rings is 1. The highest BCUT2D eigenvalue weighted by molar-refractivity contribution is 7.89. The highest BCUT2D eigenvalue weighted by atomic mass is 32.2. The zero-order valence-electron chi connectivity index (χ0n) is 16.2. The minimum Gasteiger partial charge on any atom is -0.356 e. The molecule has 2 heterocycles. The van der Waals surface area contributed by atoms with Crippen LogP contribution >= 0.6 is 0 Å². The number of nitrogens with zero attached hydrogens (tertiary/aromatic N) is 3. The molecule has 9 heteroatoms. The van der Waals surface area contributed by atoms with Crippen molar-refractivity contribution in [3.05, 3.63) is 57.3 Å². The first-order chi connectivity index (χ1) is 13.2. The number of hydrogen-bond donors (Lipinski definition) is 1. The van der Waals surface area contributed by atoms with Gasteiger partial charge in [0.05, 0.1) is 9.82 Å². The molecule has 2 aromatic rings. The smallest absolute Gasteiger partial charge is 0.271 e. The molecule has 1 N–H and O–H groups in total. The second-order valence-electron chi connectivity index (χ2n) is 7.16. The Morgan fingerprint density at radius 1 is 1.18 bits per heavy atom. The van der Waals surface area contributed by atoms with Gasteiger partial charge in [-0.1, -0.05) is 6.07 Å². The molecule has 0 spiro atoms. The largest absolute Gasteiger partial charge is 0.356 e. The third-order valence-corrected chi connectivity index (χ3v) is 6.77. The number of aromatic nitrogens is 1. The van der Waals surface area contributed by atoms with Crippen molar-refractivity contribution in [3.63, 3.8) is 0 Å². The van der Waals surface area contributed by atoms with Crippen LogP contribution in [-0.4, -0.2) is 37.5 Å². The number of rotatable bonds is 5. The Morgan fingerprint density at radius 3 is 2.46 bits per heavy atom. The van der Waals surface area contributed by atoms with Gasteiger partial charge in [-0.2, -0.15) is 0 Å². The quantitative estimate of drug-likeness (QED) is 0.607. The summed E-state index contributed by atoms with van der Waals surface area (Å²) in [5.74, 6) is 0.895. The fraction of sp³-hybridized carbons (Fsp3) is 0.421. The predicted octanol–water partition coefficient (Wildman–Crippen LogP) is 2.86. The molecule has 1 aromatic heterocycles. The molecular weight excluding hydrogens is 380 g/mol. The molecule has 3 rings (SSSR count). The van der Waals surface area contributed by atoms with Gasteiger partial charge in [-0.05, 0) is 56.9 Å². The number of aryl methyl sites for hydroxylation is 2. The summed E-state index contributed by atoms with van der Waals surface area (Å²) in [7, 11) is -3.85. The minimum atomic E-state index is -3.85. The fourth-order valence-electron chi connectivity index (χ4n) is 3.41. The molecule has 0 amide bonds. The molecule has 1 aliphatic heterocycles. The van der Waals surface area contributed by atoms with Gasteiger partial charge in [-0.25, -0.2) is 18.1 Å². The van der Waals surface area contributed by atoms with Gasteiger partial charge in [0, 0.05) is 37.0 Å². The van der Waals surface area contributed by atoms with Crippen LogP contribution in [0.3, 0.4) is 0 Å². The maximum absolute atomic E-state index is 12.9. The van der Waals surface area contributed by atoms with Crippen LogP contribution in [0, 0.1) is 30.9 Å². The molecule has 1 fully saturated rings. The van der Waals surface area contributed by atoms with E-state index in [0.717, 1.165) is 17.6 Å². The van der Waals surface area contributed by atoms with Gasteiger partial charge in [0.1, 0.15) is 5.82 Å². The summed E-state index contributed by atoms with van der Waals surface area (Å²) in [5, 5.41) is 11.1. The molecule has 1 aliphatic rings. The second-order valence-corrected chi connectivity index (χ2v) is 8.85. The van der Waals surface area contributed by atoms with Crippen molar-refractivity contribution < 1.29 is 13.3 Å². The summed E-state index contributed by atoms with van der Waals surface area (Å²) in [4.78, 5) is 17.2. The second kappa shape index (κ2) is 7.84. The number of nitro groups is 1. The van der Waals surface area contributed by atoms with Gasteiger partial charge in [-0.3, -0.25) is 10.1 Å². The summed E-state index contributed by atoms with van der Waals surface area (Å²) in [6.07, 6.45) is 1.28. The van der Waals surface area contributed by atoms with Crippen LogP contribution < -0.4 is 9.62 Å². The zero-order valence-corrected chi connectivity index (χ0v) is 17.0. The van der Waals surface area contributed by atoms with E-state index in [1.54, 1.807) is 13.8 Å². The Labute approximate surface area is 164 Å². The Hall–Kier alpha value is -2.52. The Morgan fingerprint density at radius 2 is 1.86 bits per heavy atom. The number of anilines is 1. The number of nitro benzene ring substituents is 1. The van der Waals surface area contributed by atoms with Crippen LogP contribution in [0.15, 0.2) is 35.2 Å². The summed E-state index contributed by atoms with van der Waals surface area (Å²) in [5.41, 5.74) is 1.83. The van der Waals surface area contributed by atoms with Crippen LogP contribution in [0.1, 0.15) is 29.7 Å². The van der Waals surface area contributed by atoms with Crippen LogP contribution in [0.25, 0.3) is 0 Å². The van der Waals surface area contributed by atoms with Crippen LogP contribution in [0.5, 0.6) is 0 Å². The van der Waals surface area contributed by atoms with E-state index in [1.165, 1.54) is 6.07 Å². The van der Waals surface area contributed by atoms with Crippen LogP contribution in [0.2, 0.25) is 0 Å². The molecule has 0 atom stereocenters.